The van der Waals surface area contributed by atoms with Gasteiger partial charge in [0.05, 0.1) is 13.0 Å². The lowest BCUT2D eigenvalue weighted by atomic mass is 9.96. The molecule has 2 rings (SSSR count). The van der Waals surface area contributed by atoms with Gasteiger partial charge in [-0.15, -0.1) is 0 Å². The minimum atomic E-state index is -0.0690. The van der Waals surface area contributed by atoms with E-state index in [1.807, 2.05) is 0 Å². The SMILES string of the molecule is CCCN1CCC(CN=C(NCC)N2CCC(C(=O)OC)CC2)CC1. The third-order valence-corrected chi connectivity index (χ3v) is 5.41. The first-order valence-corrected chi connectivity index (χ1v) is 10.0. The molecule has 2 aliphatic heterocycles. The number of piperidine rings is 2. The van der Waals surface area contributed by atoms with E-state index in [4.69, 9.17) is 9.73 Å². The monoisotopic (exact) mass is 352 g/mol. The highest BCUT2D eigenvalue weighted by Gasteiger charge is 2.27. The largest absolute Gasteiger partial charge is 0.469 e. The van der Waals surface area contributed by atoms with Crippen LogP contribution in [0.5, 0.6) is 0 Å². The lowest BCUT2D eigenvalue weighted by Gasteiger charge is -2.34. The summed E-state index contributed by atoms with van der Waals surface area (Å²) in [5.41, 5.74) is 0. The molecule has 6 heteroatoms. The zero-order chi connectivity index (χ0) is 18.1. The molecule has 1 N–H and O–H groups in total. The van der Waals surface area contributed by atoms with Crippen LogP contribution in [0.25, 0.3) is 0 Å². The van der Waals surface area contributed by atoms with Gasteiger partial charge in [0, 0.05) is 26.2 Å². The lowest BCUT2D eigenvalue weighted by molar-refractivity contribution is -0.146. The van der Waals surface area contributed by atoms with Gasteiger partial charge in [0.15, 0.2) is 5.96 Å². The maximum atomic E-state index is 11.7. The molecule has 0 atom stereocenters. The van der Waals surface area contributed by atoms with Gasteiger partial charge >= 0.3 is 5.97 Å². The summed E-state index contributed by atoms with van der Waals surface area (Å²) in [6, 6.07) is 0. The zero-order valence-electron chi connectivity index (χ0n) is 16.3. The molecule has 0 aromatic heterocycles. The van der Waals surface area contributed by atoms with Gasteiger partial charge < -0.3 is 19.9 Å². The lowest BCUT2D eigenvalue weighted by Crippen LogP contribution is -2.47. The highest BCUT2D eigenvalue weighted by molar-refractivity contribution is 5.80. The van der Waals surface area contributed by atoms with Crippen molar-refractivity contribution in [2.45, 2.75) is 46.0 Å². The van der Waals surface area contributed by atoms with E-state index < -0.39 is 0 Å². The first kappa shape index (κ1) is 20.0. The summed E-state index contributed by atoms with van der Waals surface area (Å²) in [5, 5.41) is 3.43. The summed E-state index contributed by atoms with van der Waals surface area (Å²) >= 11 is 0. The molecular weight excluding hydrogens is 316 g/mol. The number of methoxy groups -OCH3 is 1. The standard InChI is InChI=1S/C19H36N4O2/c1-4-10-22-11-6-16(7-12-22)15-21-19(20-5-2)23-13-8-17(9-14-23)18(24)25-3/h16-17H,4-15H2,1-3H3,(H,20,21). The highest BCUT2D eigenvalue weighted by atomic mass is 16.5. The van der Waals surface area contributed by atoms with Crippen molar-refractivity contribution in [3.05, 3.63) is 0 Å². The van der Waals surface area contributed by atoms with Crippen LogP contribution in [-0.4, -0.2) is 74.7 Å². The van der Waals surface area contributed by atoms with Crippen LogP contribution < -0.4 is 5.32 Å². The number of nitrogens with one attached hydrogen (secondary N) is 1. The number of guanidine groups is 1. The Bertz CT molecular complexity index is 425. The van der Waals surface area contributed by atoms with Crippen molar-refractivity contribution in [1.29, 1.82) is 0 Å². The molecule has 2 fully saturated rings. The molecule has 0 saturated carbocycles. The Hall–Kier alpha value is -1.30. The molecule has 0 spiro atoms. The smallest absolute Gasteiger partial charge is 0.308 e. The quantitative estimate of drug-likeness (QED) is 0.450. The molecule has 144 valence electrons. The fourth-order valence-corrected chi connectivity index (χ4v) is 3.84. The van der Waals surface area contributed by atoms with E-state index >= 15 is 0 Å². The van der Waals surface area contributed by atoms with Crippen molar-refractivity contribution in [3.63, 3.8) is 0 Å². The van der Waals surface area contributed by atoms with E-state index in [1.165, 1.54) is 46.0 Å². The van der Waals surface area contributed by atoms with Crippen LogP contribution in [-0.2, 0) is 9.53 Å². The van der Waals surface area contributed by atoms with Gasteiger partial charge in [-0.25, -0.2) is 0 Å². The van der Waals surface area contributed by atoms with Crippen LogP contribution >= 0.6 is 0 Å². The molecule has 0 aliphatic carbocycles. The molecule has 2 heterocycles. The van der Waals surface area contributed by atoms with E-state index in [2.05, 4.69) is 29.0 Å². The zero-order valence-corrected chi connectivity index (χ0v) is 16.3. The summed E-state index contributed by atoms with van der Waals surface area (Å²) in [5.74, 6) is 1.70. The number of carbonyl (C=O) groups is 1. The number of likely N-dealkylation sites (tertiary alicyclic amines) is 2. The molecule has 0 aromatic carbocycles. The first-order chi connectivity index (χ1) is 12.2. The second kappa shape index (κ2) is 10.6. The van der Waals surface area contributed by atoms with Crippen LogP contribution in [0.1, 0.15) is 46.0 Å². The second-order valence-corrected chi connectivity index (χ2v) is 7.26. The van der Waals surface area contributed by atoms with Crippen LogP contribution in [0.4, 0.5) is 0 Å². The number of rotatable bonds is 6. The molecule has 0 unspecified atom stereocenters. The normalized spacial score (nSPS) is 21.4. The number of ether oxygens (including phenoxy) is 1. The van der Waals surface area contributed by atoms with Gasteiger partial charge in [-0.3, -0.25) is 9.79 Å². The number of hydrogen-bond acceptors (Lipinski definition) is 4. The van der Waals surface area contributed by atoms with Crippen molar-refractivity contribution in [2.24, 2.45) is 16.8 Å². The molecule has 0 amide bonds. The summed E-state index contributed by atoms with van der Waals surface area (Å²) in [7, 11) is 1.48. The van der Waals surface area contributed by atoms with Gasteiger partial charge in [-0.2, -0.15) is 0 Å². The summed E-state index contributed by atoms with van der Waals surface area (Å²) in [4.78, 5) is 21.5. The Morgan fingerprint density at radius 3 is 2.36 bits per heavy atom. The summed E-state index contributed by atoms with van der Waals surface area (Å²) in [6.45, 7) is 11.6. The van der Waals surface area contributed by atoms with Crippen molar-refractivity contribution >= 4 is 11.9 Å². The van der Waals surface area contributed by atoms with Crippen LogP contribution in [0.2, 0.25) is 0 Å². The van der Waals surface area contributed by atoms with Crippen molar-refractivity contribution in [3.8, 4) is 0 Å². The average molecular weight is 353 g/mol. The van der Waals surface area contributed by atoms with Gasteiger partial charge in [-0.1, -0.05) is 6.92 Å². The van der Waals surface area contributed by atoms with Gasteiger partial charge in [0.2, 0.25) is 0 Å². The van der Waals surface area contributed by atoms with Crippen LogP contribution in [0.15, 0.2) is 4.99 Å². The summed E-state index contributed by atoms with van der Waals surface area (Å²) in [6.07, 6.45) is 5.47. The molecule has 0 bridgehead atoms. The summed E-state index contributed by atoms with van der Waals surface area (Å²) < 4.78 is 4.88. The fraction of sp³-hybridized carbons (Fsp3) is 0.895. The highest BCUT2D eigenvalue weighted by Crippen LogP contribution is 2.20. The third kappa shape index (κ3) is 6.17. The van der Waals surface area contributed by atoms with Crippen LogP contribution in [0, 0.1) is 11.8 Å². The molecular formula is C19H36N4O2. The number of nitrogens with zero attached hydrogens (tertiary/aromatic N) is 3. The molecule has 0 radical (unpaired) electrons. The molecule has 2 saturated heterocycles. The molecule has 6 nitrogen and oxygen atoms in total. The van der Waals surface area contributed by atoms with Crippen molar-refractivity contribution in [1.82, 2.24) is 15.1 Å². The molecule has 2 aliphatic rings. The maximum absolute atomic E-state index is 11.7. The van der Waals surface area contributed by atoms with E-state index in [1.54, 1.807) is 0 Å². The van der Waals surface area contributed by atoms with E-state index in [9.17, 15) is 4.79 Å². The van der Waals surface area contributed by atoms with Gasteiger partial charge in [-0.05, 0) is 64.6 Å². The number of esters is 1. The third-order valence-electron chi connectivity index (χ3n) is 5.41. The Balaban J connectivity index is 1.82. The topological polar surface area (TPSA) is 57.2 Å². The minimum absolute atomic E-state index is 0.0482. The Labute approximate surface area is 153 Å². The van der Waals surface area contributed by atoms with Gasteiger partial charge in [0.1, 0.15) is 0 Å². The predicted molar refractivity (Wildman–Crippen MR) is 102 cm³/mol. The Morgan fingerprint density at radius 1 is 1.12 bits per heavy atom. The van der Waals surface area contributed by atoms with E-state index in [0.717, 1.165) is 45.0 Å². The first-order valence-electron chi connectivity index (χ1n) is 10.0. The predicted octanol–water partition coefficient (Wildman–Crippen LogP) is 1.96. The van der Waals surface area contributed by atoms with Crippen molar-refractivity contribution in [2.75, 3.05) is 52.9 Å². The number of aliphatic imine (C=N–C) groups is 1. The maximum Gasteiger partial charge on any atom is 0.308 e. The minimum Gasteiger partial charge on any atom is -0.469 e. The second-order valence-electron chi connectivity index (χ2n) is 7.26. The fourth-order valence-electron chi connectivity index (χ4n) is 3.84. The van der Waals surface area contributed by atoms with Crippen molar-refractivity contribution < 1.29 is 9.53 Å². The Morgan fingerprint density at radius 2 is 1.80 bits per heavy atom. The molecule has 0 aromatic rings. The van der Waals surface area contributed by atoms with E-state index in [-0.39, 0.29) is 11.9 Å². The number of hydrogen-bond donors (Lipinski definition) is 1. The van der Waals surface area contributed by atoms with Gasteiger partial charge in [0.25, 0.3) is 0 Å². The molecule has 25 heavy (non-hydrogen) atoms. The van der Waals surface area contributed by atoms with E-state index in [0.29, 0.717) is 5.92 Å². The Kier molecular flexibility index (Phi) is 8.52. The average Bonchev–Trinajstić information content (AvgIpc) is 2.66. The van der Waals surface area contributed by atoms with Crippen LogP contribution in [0.3, 0.4) is 0 Å². The number of carbonyl (C=O) groups excluding carboxylic acids is 1.